The average Bonchev–Trinajstić information content (AvgIpc) is 3.39. The Hall–Kier alpha value is -3.71. The molecule has 0 bridgehead atoms. The molecule has 33 heavy (non-hydrogen) atoms. The first-order valence-electron chi connectivity index (χ1n) is 10.8. The van der Waals surface area contributed by atoms with Crippen LogP contribution in [0.3, 0.4) is 0 Å². The molecular formula is C26H25N5OS. The minimum absolute atomic E-state index is 0.0126. The fourth-order valence-electron chi connectivity index (χ4n) is 3.96. The number of pyridine rings is 1. The smallest absolute Gasteiger partial charge is 0.255 e. The quantitative estimate of drug-likeness (QED) is 0.368. The summed E-state index contributed by atoms with van der Waals surface area (Å²) in [4.78, 5) is 17.3. The molecule has 0 aliphatic carbocycles. The lowest BCUT2D eigenvalue weighted by molar-refractivity contribution is 0.102. The molecule has 166 valence electrons. The van der Waals surface area contributed by atoms with Gasteiger partial charge in [0.15, 0.2) is 0 Å². The van der Waals surface area contributed by atoms with Gasteiger partial charge in [-0.25, -0.2) is 4.98 Å². The van der Waals surface area contributed by atoms with Gasteiger partial charge in [0, 0.05) is 28.5 Å². The summed E-state index contributed by atoms with van der Waals surface area (Å²) in [5.74, 6) is -0.119. The van der Waals surface area contributed by atoms with Gasteiger partial charge < -0.3 is 16.0 Å². The normalized spacial score (nSPS) is 15.2. The van der Waals surface area contributed by atoms with E-state index in [9.17, 15) is 4.79 Å². The molecule has 2 aromatic carbocycles. The predicted octanol–water partition coefficient (Wildman–Crippen LogP) is 5.54. The zero-order chi connectivity index (χ0) is 22.9. The molecule has 5 rings (SSSR count). The number of benzene rings is 2. The Labute approximate surface area is 197 Å². The zero-order valence-electron chi connectivity index (χ0n) is 18.7. The van der Waals surface area contributed by atoms with E-state index in [0.29, 0.717) is 5.56 Å². The molecule has 2 aromatic heterocycles. The minimum atomic E-state index is -0.119. The van der Waals surface area contributed by atoms with Gasteiger partial charge in [-0.3, -0.25) is 9.20 Å². The van der Waals surface area contributed by atoms with Crippen molar-refractivity contribution >= 4 is 40.4 Å². The van der Waals surface area contributed by atoms with Crippen molar-refractivity contribution in [2.75, 3.05) is 10.6 Å². The van der Waals surface area contributed by atoms with Crippen LogP contribution in [0.25, 0.3) is 11.3 Å². The van der Waals surface area contributed by atoms with Crippen LogP contribution >= 0.6 is 11.8 Å². The molecule has 4 aromatic rings. The maximum absolute atomic E-state index is 12.6. The molecule has 3 heterocycles. The maximum Gasteiger partial charge on any atom is 0.255 e. The summed E-state index contributed by atoms with van der Waals surface area (Å²) in [5, 5.41) is 12.1. The third kappa shape index (κ3) is 4.19. The largest absolute Gasteiger partial charge is 0.357 e. The van der Waals surface area contributed by atoms with E-state index in [0.717, 1.165) is 45.2 Å². The Morgan fingerprint density at radius 1 is 1.00 bits per heavy atom. The van der Waals surface area contributed by atoms with Gasteiger partial charge in [0.05, 0.1) is 17.1 Å². The Kier molecular flexibility index (Phi) is 5.56. The number of aromatic nitrogens is 2. The van der Waals surface area contributed by atoms with Crippen LogP contribution in [0.15, 0.2) is 72.3 Å². The molecule has 1 amide bonds. The highest BCUT2D eigenvalue weighted by molar-refractivity contribution is 8.03. The topological polar surface area (TPSA) is 70.5 Å². The summed E-state index contributed by atoms with van der Waals surface area (Å²) in [6, 6.07) is 19.4. The molecule has 0 fully saturated rings. The number of hydrogen-bond acceptors (Lipinski definition) is 5. The molecule has 0 saturated heterocycles. The second-order valence-electron chi connectivity index (χ2n) is 8.11. The van der Waals surface area contributed by atoms with Crippen LogP contribution in [0.2, 0.25) is 0 Å². The second-order valence-corrected chi connectivity index (χ2v) is 9.09. The Morgan fingerprint density at radius 3 is 2.55 bits per heavy atom. The van der Waals surface area contributed by atoms with Crippen LogP contribution in [0.1, 0.15) is 32.9 Å². The molecule has 1 aliphatic heterocycles. The van der Waals surface area contributed by atoms with E-state index in [1.54, 1.807) is 11.8 Å². The lowest BCUT2D eigenvalue weighted by Gasteiger charge is -2.16. The molecule has 1 aliphatic rings. The van der Waals surface area contributed by atoms with Gasteiger partial charge in [-0.05, 0) is 68.3 Å². The molecule has 6 nitrogen and oxygen atoms in total. The van der Waals surface area contributed by atoms with Crippen LogP contribution in [0.4, 0.5) is 11.4 Å². The standard InChI is InChI=1S/C26H25N5OS/c1-16-7-4-5-9-21(16)29-25(32)19-10-12-20(13-11-19)28-26-30-22(15-33-26)23-18(3)27-24-17(2)8-6-14-31(23)24/h4-15,26,28,30H,1-3H3,(H,29,32). The van der Waals surface area contributed by atoms with Crippen LogP contribution in [-0.2, 0) is 0 Å². The number of hydrogen-bond donors (Lipinski definition) is 3. The number of fused-ring (bicyclic) bond motifs is 1. The Balaban J connectivity index is 1.25. The minimum Gasteiger partial charge on any atom is -0.357 e. The van der Waals surface area contributed by atoms with Crippen LogP contribution in [0.5, 0.6) is 0 Å². The molecular weight excluding hydrogens is 430 g/mol. The van der Waals surface area contributed by atoms with Gasteiger partial charge in [-0.15, -0.1) is 0 Å². The summed E-state index contributed by atoms with van der Waals surface area (Å²) in [5.41, 5.74) is 8.65. The maximum atomic E-state index is 12.6. The van der Waals surface area contributed by atoms with E-state index in [-0.39, 0.29) is 11.4 Å². The van der Waals surface area contributed by atoms with Crippen molar-refractivity contribution in [1.29, 1.82) is 0 Å². The fourth-order valence-corrected chi connectivity index (χ4v) is 4.81. The fraction of sp³-hybridized carbons (Fsp3) is 0.154. The summed E-state index contributed by atoms with van der Waals surface area (Å²) >= 11 is 1.67. The molecule has 3 N–H and O–H groups in total. The molecule has 7 heteroatoms. The first-order valence-corrected chi connectivity index (χ1v) is 11.7. The van der Waals surface area contributed by atoms with Crippen molar-refractivity contribution in [3.8, 4) is 0 Å². The monoisotopic (exact) mass is 455 g/mol. The van der Waals surface area contributed by atoms with E-state index in [2.05, 4.69) is 38.7 Å². The molecule has 0 radical (unpaired) electrons. The lowest BCUT2D eigenvalue weighted by Crippen LogP contribution is -2.28. The number of nitrogens with one attached hydrogen (secondary N) is 3. The number of carbonyl (C=O) groups excluding carboxylic acids is 1. The van der Waals surface area contributed by atoms with E-state index in [1.807, 2.05) is 74.6 Å². The lowest BCUT2D eigenvalue weighted by atomic mass is 10.1. The van der Waals surface area contributed by atoms with Crippen molar-refractivity contribution in [3.63, 3.8) is 0 Å². The molecule has 0 saturated carbocycles. The van der Waals surface area contributed by atoms with Gasteiger partial charge in [-0.1, -0.05) is 36.0 Å². The number of amides is 1. The van der Waals surface area contributed by atoms with Crippen molar-refractivity contribution in [1.82, 2.24) is 14.7 Å². The van der Waals surface area contributed by atoms with Crippen LogP contribution in [-0.4, -0.2) is 20.8 Å². The van der Waals surface area contributed by atoms with Gasteiger partial charge >= 0.3 is 0 Å². The van der Waals surface area contributed by atoms with Crippen molar-refractivity contribution in [3.05, 3.63) is 100 Å². The number of thioether (sulfide) groups is 1. The second kappa shape index (κ2) is 8.67. The summed E-state index contributed by atoms with van der Waals surface area (Å²) in [7, 11) is 0. The highest BCUT2D eigenvalue weighted by Crippen LogP contribution is 2.31. The predicted molar refractivity (Wildman–Crippen MR) is 136 cm³/mol. The van der Waals surface area contributed by atoms with Gasteiger partial charge in [0.2, 0.25) is 0 Å². The number of rotatable bonds is 5. The first-order chi connectivity index (χ1) is 16.0. The molecule has 1 unspecified atom stereocenters. The summed E-state index contributed by atoms with van der Waals surface area (Å²) < 4.78 is 2.13. The number of imidazole rings is 1. The van der Waals surface area contributed by atoms with Gasteiger partial charge in [0.1, 0.15) is 11.1 Å². The zero-order valence-corrected chi connectivity index (χ0v) is 19.5. The molecule has 0 spiro atoms. The number of anilines is 2. The van der Waals surface area contributed by atoms with E-state index in [4.69, 9.17) is 4.98 Å². The Bertz CT molecular complexity index is 1370. The highest BCUT2D eigenvalue weighted by atomic mass is 32.2. The highest BCUT2D eigenvalue weighted by Gasteiger charge is 2.22. The van der Waals surface area contributed by atoms with E-state index >= 15 is 0 Å². The first kappa shape index (κ1) is 21.2. The number of aryl methyl sites for hydroxylation is 3. The van der Waals surface area contributed by atoms with E-state index in [1.165, 1.54) is 0 Å². The number of carbonyl (C=O) groups is 1. The molecule has 1 atom stereocenters. The summed E-state index contributed by atoms with van der Waals surface area (Å²) in [6.45, 7) is 6.09. The van der Waals surface area contributed by atoms with E-state index < -0.39 is 0 Å². The third-order valence-electron chi connectivity index (χ3n) is 5.72. The SMILES string of the molecule is Cc1ccccc1NC(=O)c1ccc(NC2NC(c3c(C)nc4c(C)cccn34)=CS2)cc1. The van der Waals surface area contributed by atoms with Crippen molar-refractivity contribution in [2.24, 2.45) is 0 Å². The van der Waals surface area contributed by atoms with Crippen molar-refractivity contribution in [2.45, 2.75) is 26.3 Å². The Morgan fingerprint density at radius 2 is 1.76 bits per heavy atom. The van der Waals surface area contributed by atoms with Crippen LogP contribution < -0.4 is 16.0 Å². The number of nitrogens with zero attached hydrogens (tertiary/aromatic N) is 2. The van der Waals surface area contributed by atoms with Gasteiger partial charge in [0.25, 0.3) is 5.91 Å². The van der Waals surface area contributed by atoms with Gasteiger partial charge in [-0.2, -0.15) is 0 Å². The third-order valence-corrected chi connectivity index (χ3v) is 6.60. The number of para-hydroxylation sites is 1. The summed E-state index contributed by atoms with van der Waals surface area (Å²) in [6.07, 6.45) is 2.05. The van der Waals surface area contributed by atoms with Crippen LogP contribution in [0, 0.1) is 20.8 Å². The van der Waals surface area contributed by atoms with Crippen molar-refractivity contribution < 1.29 is 4.79 Å². The average molecular weight is 456 g/mol.